The molecule has 0 saturated heterocycles. The molecule has 1 N–H and O–H groups in total. The first-order chi connectivity index (χ1) is 14.4. The molecule has 0 fully saturated rings. The molecule has 9 heteroatoms. The highest BCUT2D eigenvalue weighted by atomic mass is 16.6. The second kappa shape index (κ2) is 9.25. The van der Waals surface area contributed by atoms with Crippen molar-refractivity contribution < 1.29 is 28.7 Å². The molecule has 0 spiro atoms. The summed E-state index contributed by atoms with van der Waals surface area (Å²) in [5.41, 5.74) is 0.245. The number of carbonyl (C=O) groups is 2. The number of rotatable bonds is 7. The highest BCUT2D eigenvalue weighted by molar-refractivity contribution is 5.95. The van der Waals surface area contributed by atoms with Crippen LogP contribution in [0.15, 0.2) is 42.5 Å². The van der Waals surface area contributed by atoms with Crippen molar-refractivity contribution in [1.29, 1.82) is 0 Å². The lowest BCUT2D eigenvalue weighted by Gasteiger charge is -2.25. The van der Waals surface area contributed by atoms with Crippen LogP contribution in [0.4, 0.5) is 5.69 Å². The smallest absolute Gasteiger partial charge is 0.345 e. The molecule has 9 nitrogen and oxygen atoms in total. The average molecular weight is 414 g/mol. The van der Waals surface area contributed by atoms with Gasteiger partial charge < -0.3 is 19.5 Å². The van der Waals surface area contributed by atoms with Gasteiger partial charge in [-0.3, -0.25) is 14.9 Å². The van der Waals surface area contributed by atoms with E-state index in [0.717, 1.165) is 5.56 Å². The van der Waals surface area contributed by atoms with Gasteiger partial charge >= 0.3 is 5.97 Å². The molecule has 3 rings (SSSR count). The van der Waals surface area contributed by atoms with Gasteiger partial charge in [-0.1, -0.05) is 32.0 Å². The van der Waals surface area contributed by atoms with E-state index in [-0.39, 0.29) is 23.2 Å². The van der Waals surface area contributed by atoms with Crippen LogP contribution in [0, 0.1) is 16.0 Å². The van der Waals surface area contributed by atoms with Gasteiger partial charge in [0.1, 0.15) is 18.8 Å². The van der Waals surface area contributed by atoms with Crippen LogP contribution < -0.4 is 14.8 Å². The molecule has 0 saturated carbocycles. The maximum absolute atomic E-state index is 12.4. The van der Waals surface area contributed by atoms with Crippen LogP contribution in [-0.4, -0.2) is 36.6 Å². The molecule has 1 heterocycles. The molecule has 30 heavy (non-hydrogen) atoms. The minimum atomic E-state index is -0.933. The van der Waals surface area contributed by atoms with E-state index < -0.39 is 23.4 Å². The Balaban J connectivity index is 1.65. The second-order valence-corrected chi connectivity index (χ2v) is 7.04. The van der Waals surface area contributed by atoms with E-state index in [9.17, 15) is 19.7 Å². The van der Waals surface area contributed by atoms with Gasteiger partial charge in [-0.15, -0.1) is 0 Å². The van der Waals surface area contributed by atoms with Gasteiger partial charge in [0.15, 0.2) is 18.1 Å². The Labute approximate surface area is 173 Å². The average Bonchev–Trinajstić information content (AvgIpc) is 2.75. The maximum atomic E-state index is 12.4. The van der Waals surface area contributed by atoms with Crippen molar-refractivity contribution in [3.05, 3.63) is 63.7 Å². The van der Waals surface area contributed by atoms with Gasteiger partial charge in [0.2, 0.25) is 0 Å². The number of hydrogen-bond acceptors (Lipinski definition) is 7. The van der Waals surface area contributed by atoms with Crippen LogP contribution in [0.5, 0.6) is 11.5 Å². The molecular formula is C21H22N2O7. The summed E-state index contributed by atoms with van der Waals surface area (Å²) in [5, 5.41) is 13.9. The molecule has 2 aromatic rings. The SMILES string of the molecule is CC(C)[C@H](NC(=O)COC(=O)c1ccccc1[N+](=O)[O-])c1ccc2c(c1)OCCO2. The predicted octanol–water partition coefficient (Wildman–Crippen LogP) is 3.04. The number of nitrogens with one attached hydrogen (secondary N) is 1. The molecule has 0 unspecified atom stereocenters. The van der Waals surface area contributed by atoms with Gasteiger partial charge in [0, 0.05) is 6.07 Å². The van der Waals surface area contributed by atoms with Crippen molar-refractivity contribution in [2.45, 2.75) is 19.9 Å². The lowest BCUT2D eigenvalue weighted by molar-refractivity contribution is -0.385. The van der Waals surface area contributed by atoms with E-state index >= 15 is 0 Å². The Morgan fingerprint density at radius 3 is 2.53 bits per heavy atom. The third kappa shape index (κ3) is 4.86. The number of para-hydroxylation sites is 1. The van der Waals surface area contributed by atoms with E-state index in [1.807, 2.05) is 26.0 Å². The predicted molar refractivity (Wildman–Crippen MR) is 107 cm³/mol. The van der Waals surface area contributed by atoms with Crippen LogP contribution >= 0.6 is 0 Å². The summed E-state index contributed by atoms with van der Waals surface area (Å²) in [5.74, 6) is -0.144. The van der Waals surface area contributed by atoms with Crippen LogP contribution in [-0.2, 0) is 9.53 Å². The van der Waals surface area contributed by atoms with Crippen LogP contribution in [0.25, 0.3) is 0 Å². The van der Waals surface area contributed by atoms with Crippen molar-refractivity contribution in [2.24, 2.45) is 5.92 Å². The fourth-order valence-electron chi connectivity index (χ4n) is 3.12. The van der Waals surface area contributed by atoms with E-state index in [2.05, 4.69) is 5.32 Å². The number of amides is 1. The van der Waals surface area contributed by atoms with Crippen LogP contribution in [0.3, 0.4) is 0 Å². The molecule has 1 amide bonds. The fraction of sp³-hybridized carbons (Fsp3) is 0.333. The Morgan fingerprint density at radius 2 is 1.83 bits per heavy atom. The van der Waals surface area contributed by atoms with Crippen molar-refractivity contribution in [2.75, 3.05) is 19.8 Å². The van der Waals surface area contributed by atoms with Crippen molar-refractivity contribution in [3.63, 3.8) is 0 Å². The monoisotopic (exact) mass is 414 g/mol. The number of benzene rings is 2. The molecule has 2 aromatic carbocycles. The Morgan fingerprint density at radius 1 is 1.13 bits per heavy atom. The first-order valence-corrected chi connectivity index (χ1v) is 9.46. The largest absolute Gasteiger partial charge is 0.486 e. The van der Waals surface area contributed by atoms with Crippen molar-refractivity contribution in [1.82, 2.24) is 5.32 Å². The second-order valence-electron chi connectivity index (χ2n) is 7.04. The van der Waals surface area contributed by atoms with Crippen molar-refractivity contribution >= 4 is 17.6 Å². The van der Waals surface area contributed by atoms with E-state index in [1.165, 1.54) is 24.3 Å². The third-order valence-electron chi connectivity index (χ3n) is 4.56. The number of fused-ring (bicyclic) bond motifs is 1. The van der Waals surface area contributed by atoms with Gasteiger partial charge in [-0.25, -0.2) is 4.79 Å². The van der Waals surface area contributed by atoms with E-state index in [4.69, 9.17) is 14.2 Å². The number of nitro benzene ring substituents is 1. The third-order valence-corrected chi connectivity index (χ3v) is 4.56. The van der Waals surface area contributed by atoms with Gasteiger partial charge in [-0.2, -0.15) is 0 Å². The zero-order valence-electron chi connectivity index (χ0n) is 16.6. The quantitative estimate of drug-likeness (QED) is 0.420. The number of nitro groups is 1. The lowest BCUT2D eigenvalue weighted by Crippen LogP contribution is -2.35. The maximum Gasteiger partial charge on any atom is 0.345 e. The first-order valence-electron chi connectivity index (χ1n) is 9.46. The Bertz CT molecular complexity index is 958. The molecule has 0 radical (unpaired) electrons. The zero-order valence-corrected chi connectivity index (χ0v) is 16.6. The highest BCUT2D eigenvalue weighted by Crippen LogP contribution is 2.34. The molecule has 0 aromatic heterocycles. The number of carbonyl (C=O) groups excluding carboxylic acids is 2. The van der Waals surface area contributed by atoms with Gasteiger partial charge in [-0.05, 0) is 29.7 Å². The fourth-order valence-corrected chi connectivity index (χ4v) is 3.12. The van der Waals surface area contributed by atoms with E-state index in [1.54, 1.807) is 6.07 Å². The molecule has 0 bridgehead atoms. The number of hydrogen-bond donors (Lipinski definition) is 1. The summed E-state index contributed by atoms with van der Waals surface area (Å²) in [4.78, 5) is 35.0. The van der Waals surface area contributed by atoms with Gasteiger partial charge in [0.25, 0.3) is 11.6 Å². The Kier molecular flexibility index (Phi) is 6.51. The molecular weight excluding hydrogens is 392 g/mol. The summed E-state index contributed by atoms with van der Waals surface area (Å²) in [6.07, 6.45) is 0. The van der Waals surface area contributed by atoms with E-state index in [0.29, 0.717) is 24.7 Å². The standard InChI is InChI=1S/C21H22N2O7/c1-13(2)20(14-7-8-17-18(11-14)29-10-9-28-17)22-19(24)12-30-21(25)15-5-3-4-6-16(15)23(26)27/h3-8,11,13,20H,9-10,12H2,1-2H3,(H,22,24)/t20-/m0/s1. The van der Waals surface area contributed by atoms with Crippen molar-refractivity contribution in [3.8, 4) is 11.5 Å². The minimum Gasteiger partial charge on any atom is -0.486 e. The molecule has 0 aliphatic carbocycles. The number of nitrogens with zero attached hydrogens (tertiary/aromatic N) is 1. The zero-order chi connectivity index (χ0) is 21.7. The summed E-state index contributed by atoms with van der Waals surface area (Å²) in [6, 6.07) is 10.5. The summed E-state index contributed by atoms with van der Waals surface area (Å²) in [6.45, 7) is 4.28. The van der Waals surface area contributed by atoms with Gasteiger partial charge in [0.05, 0.1) is 11.0 Å². The highest BCUT2D eigenvalue weighted by Gasteiger charge is 2.24. The van der Waals surface area contributed by atoms with Crippen LogP contribution in [0.1, 0.15) is 35.8 Å². The number of ether oxygens (including phenoxy) is 3. The molecule has 158 valence electrons. The normalized spacial score (nSPS) is 13.4. The summed E-state index contributed by atoms with van der Waals surface area (Å²) in [7, 11) is 0. The number of esters is 1. The summed E-state index contributed by atoms with van der Waals surface area (Å²) >= 11 is 0. The van der Waals surface area contributed by atoms with Crippen LogP contribution in [0.2, 0.25) is 0 Å². The summed E-state index contributed by atoms with van der Waals surface area (Å²) < 4.78 is 16.1. The molecule has 1 atom stereocenters. The molecule has 1 aliphatic rings. The molecule has 1 aliphatic heterocycles. The topological polar surface area (TPSA) is 117 Å². The first kappa shape index (κ1) is 21.1. The minimum absolute atomic E-state index is 0.0439. The lowest BCUT2D eigenvalue weighted by atomic mass is 9.95. The Hall–Kier alpha value is -3.62.